The Morgan fingerprint density at radius 1 is 1.24 bits per heavy atom. The summed E-state index contributed by atoms with van der Waals surface area (Å²) in [5, 5.41) is 18.9. The van der Waals surface area contributed by atoms with Crippen molar-refractivity contribution in [3.8, 4) is 0 Å². The van der Waals surface area contributed by atoms with Gasteiger partial charge < -0.3 is 20.0 Å². The fraction of sp³-hybridized carbons (Fsp3) is 0.867. The maximum absolute atomic E-state index is 12.6. The van der Waals surface area contributed by atoms with Crippen LogP contribution in [-0.2, 0) is 4.79 Å². The predicted octanol–water partition coefficient (Wildman–Crippen LogP) is 1.53. The van der Waals surface area contributed by atoms with Crippen molar-refractivity contribution < 1.29 is 19.8 Å². The molecule has 0 bridgehead atoms. The van der Waals surface area contributed by atoms with Gasteiger partial charge in [0.1, 0.15) is 6.04 Å². The highest BCUT2D eigenvalue weighted by molar-refractivity contribution is 5.83. The van der Waals surface area contributed by atoms with Gasteiger partial charge in [-0.05, 0) is 25.2 Å². The lowest BCUT2D eigenvalue weighted by atomic mass is 9.96. The number of amides is 2. The summed E-state index contributed by atoms with van der Waals surface area (Å²) in [6, 6.07) is -1.11. The van der Waals surface area contributed by atoms with E-state index in [0.29, 0.717) is 19.0 Å². The topological polar surface area (TPSA) is 81.1 Å². The highest BCUT2D eigenvalue weighted by Gasteiger charge is 2.40. The summed E-state index contributed by atoms with van der Waals surface area (Å²) in [6.07, 6.45) is 4.88. The Morgan fingerprint density at radius 3 is 2.67 bits per heavy atom. The van der Waals surface area contributed by atoms with Crippen LogP contribution in [0.15, 0.2) is 0 Å². The minimum atomic E-state index is -1.03. The quantitative estimate of drug-likeness (QED) is 0.828. The molecule has 2 saturated heterocycles. The Morgan fingerprint density at radius 2 is 2.00 bits per heavy atom. The van der Waals surface area contributed by atoms with Gasteiger partial charge in [-0.3, -0.25) is 0 Å². The molecule has 2 heterocycles. The maximum atomic E-state index is 12.6. The standard InChI is InChI=1S/C15H26N2O4/c1-2-4-11-5-3-7-16(8-6-11)15(21)17-10-12(18)9-13(17)14(19)20/h11-13,18H,2-10H2,1H3,(H,19,20). The van der Waals surface area contributed by atoms with E-state index in [-0.39, 0.29) is 19.0 Å². The first-order valence-electron chi connectivity index (χ1n) is 7.99. The molecule has 2 N–H and O–H groups in total. The van der Waals surface area contributed by atoms with Crippen molar-refractivity contribution in [3.63, 3.8) is 0 Å². The summed E-state index contributed by atoms with van der Waals surface area (Å²) >= 11 is 0. The molecule has 0 spiro atoms. The largest absolute Gasteiger partial charge is 0.480 e. The lowest BCUT2D eigenvalue weighted by molar-refractivity contribution is -0.141. The molecule has 2 fully saturated rings. The number of carbonyl (C=O) groups is 2. The number of β-amino-alcohol motifs (C(OH)–C–C–N with tert-alkyl or cyclic N) is 1. The number of hydrogen-bond donors (Lipinski definition) is 2. The Kier molecular flexibility index (Phi) is 5.45. The average molecular weight is 298 g/mol. The third-order valence-corrected chi connectivity index (χ3v) is 4.62. The van der Waals surface area contributed by atoms with Crippen molar-refractivity contribution in [2.24, 2.45) is 5.92 Å². The van der Waals surface area contributed by atoms with Crippen LogP contribution in [0, 0.1) is 5.92 Å². The van der Waals surface area contributed by atoms with Crippen LogP contribution in [0.4, 0.5) is 4.79 Å². The Balaban J connectivity index is 1.97. The molecule has 21 heavy (non-hydrogen) atoms. The van der Waals surface area contributed by atoms with Crippen LogP contribution >= 0.6 is 0 Å². The van der Waals surface area contributed by atoms with Crippen molar-refractivity contribution in [3.05, 3.63) is 0 Å². The summed E-state index contributed by atoms with van der Waals surface area (Å²) in [7, 11) is 0. The van der Waals surface area contributed by atoms with Gasteiger partial charge in [-0.2, -0.15) is 0 Å². The van der Waals surface area contributed by atoms with E-state index in [1.54, 1.807) is 4.90 Å². The molecule has 0 aromatic carbocycles. The van der Waals surface area contributed by atoms with E-state index >= 15 is 0 Å². The number of rotatable bonds is 3. The molecule has 2 aliphatic heterocycles. The summed E-state index contributed by atoms with van der Waals surface area (Å²) in [4.78, 5) is 26.9. The summed E-state index contributed by atoms with van der Waals surface area (Å²) in [5.41, 5.74) is 0. The maximum Gasteiger partial charge on any atom is 0.326 e. The Bertz CT molecular complexity index is 388. The summed E-state index contributed by atoms with van der Waals surface area (Å²) < 4.78 is 0. The fourth-order valence-electron chi connectivity index (χ4n) is 3.49. The first-order valence-corrected chi connectivity index (χ1v) is 7.99. The number of aliphatic hydroxyl groups is 1. The Hall–Kier alpha value is -1.30. The number of hydrogen-bond acceptors (Lipinski definition) is 3. The molecule has 0 radical (unpaired) electrons. The zero-order valence-corrected chi connectivity index (χ0v) is 12.7. The smallest absolute Gasteiger partial charge is 0.326 e. The van der Waals surface area contributed by atoms with Crippen molar-refractivity contribution in [1.29, 1.82) is 0 Å². The van der Waals surface area contributed by atoms with Gasteiger partial charge in [0, 0.05) is 26.1 Å². The van der Waals surface area contributed by atoms with Crippen molar-refractivity contribution >= 4 is 12.0 Å². The van der Waals surface area contributed by atoms with Gasteiger partial charge in [-0.15, -0.1) is 0 Å². The second kappa shape index (κ2) is 7.11. The van der Waals surface area contributed by atoms with Gasteiger partial charge in [0.25, 0.3) is 0 Å². The van der Waals surface area contributed by atoms with Crippen LogP contribution in [0.2, 0.25) is 0 Å². The Labute approximate surface area is 125 Å². The third-order valence-electron chi connectivity index (χ3n) is 4.62. The number of urea groups is 1. The lowest BCUT2D eigenvalue weighted by Gasteiger charge is -2.29. The van der Waals surface area contributed by atoms with Gasteiger partial charge in [-0.1, -0.05) is 19.8 Å². The molecule has 2 amide bonds. The van der Waals surface area contributed by atoms with Crippen LogP contribution in [0.3, 0.4) is 0 Å². The van der Waals surface area contributed by atoms with Gasteiger partial charge in [0.2, 0.25) is 0 Å². The second-order valence-electron chi connectivity index (χ2n) is 6.25. The fourth-order valence-corrected chi connectivity index (χ4v) is 3.49. The van der Waals surface area contributed by atoms with Gasteiger partial charge >= 0.3 is 12.0 Å². The van der Waals surface area contributed by atoms with Crippen molar-refractivity contribution in [1.82, 2.24) is 9.80 Å². The zero-order valence-electron chi connectivity index (χ0n) is 12.7. The molecule has 2 aliphatic rings. The number of carboxylic acid groups (broad SMARTS) is 1. The first kappa shape index (κ1) is 16.1. The van der Waals surface area contributed by atoms with Gasteiger partial charge in [0.05, 0.1) is 6.10 Å². The number of carbonyl (C=O) groups excluding carboxylic acids is 1. The van der Waals surface area contributed by atoms with E-state index < -0.39 is 18.1 Å². The number of aliphatic carboxylic acids is 1. The molecule has 3 atom stereocenters. The van der Waals surface area contributed by atoms with Gasteiger partial charge in [-0.25, -0.2) is 9.59 Å². The first-order chi connectivity index (χ1) is 10.0. The normalized spacial score (nSPS) is 30.3. The molecule has 0 saturated carbocycles. The monoisotopic (exact) mass is 298 g/mol. The molecular formula is C15H26N2O4. The van der Waals surface area contributed by atoms with Crippen molar-refractivity contribution in [2.75, 3.05) is 19.6 Å². The van der Waals surface area contributed by atoms with Gasteiger partial charge in [0.15, 0.2) is 0 Å². The SMILES string of the molecule is CCCC1CCCN(C(=O)N2CC(O)CC2C(=O)O)CC1. The highest BCUT2D eigenvalue weighted by atomic mass is 16.4. The molecule has 0 aromatic heterocycles. The second-order valence-corrected chi connectivity index (χ2v) is 6.25. The number of aliphatic hydroxyl groups excluding tert-OH is 1. The molecule has 0 aromatic rings. The summed E-state index contributed by atoms with van der Waals surface area (Å²) in [5.74, 6) is -0.356. The lowest BCUT2D eigenvalue weighted by Crippen LogP contribution is -2.48. The van der Waals surface area contributed by atoms with Crippen molar-refractivity contribution in [2.45, 2.75) is 57.6 Å². The third kappa shape index (κ3) is 3.87. The van der Waals surface area contributed by atoms with Crippen LogP contribution in [-0.4, -0.2) is 63.8 Å². The predicted molar refractivity (Wildman–Crippen MR) is 78.0 cm³/mol. The zero-order chi connectivity index (χ0) is 15.4. The van der Waals surface area contributed by atoms with E-state index in [9.17, 15) is 19.8 Å². The van der Waals surface area contributed by atoms with E-state index in [1.807, 2.05) is 0 Å². The van der Waals surface area contributed by atoms with E-state index in [4.69, 9.17) is 0 Å². The molecule has 6 heteroatoms. The van der Waals surface area contributed by atoms with Crippen LogP contribution in [0.25, 0.3) is 0 Å². The molecule has 120 valence electrons. The average Bonchev–Trinajstić information content (AvgIpc) is 2.68. The van der Waals surface area contributed by atoms with E-state index in [2.05, 4.69) is 6.92 Å². The number of carboxylic acids is 1. The number of likely N-dealkylation sites (tertiary alicyclic amines) is 2. The van der Waals surface area contributed by atoms with E-state index in [1.165, 1.54) is 11.3 Å². The molecular weight excluding hydrogens is 272 g/mol. The van der Waals surface area contributed by atoms with Crippen LogP contribution < -0.4 is 0 Å². The molecule has 3 unspecified atom stereocenters. The van der Waals surface area contributed by atoms with Crippen LogP contribution in [0.5, 0.6) is 0 Å². The van der Waals surface area contributed by atoms with E-state index in [0.717, 1.165) is 25.7 Å². The highest BCUT2D eigenvalue weighted by Crippen LogP contribution is 2.25. The summed E-state index contributed by atoms with van der Waals surface area (Å²) in [6.45, 7) is 3.70. The van der Waals surface area contributed by atoms with Crippen LogP contribution in [0.1, 0.15) is 45.4 Å². The minimum Gasteiger partial charge on any atom is -0.480 e. The minimum absolute atomic E-state index is 0.130. The molecule has 2 rings (SSSR count). The number of nitrogens with zero attached hydrogens (tertiary/aromatic N) is 2. The molecule has 6 nitrogen and oxygen atoms in total. The molecule has 0 aliphatic carbocycles.